The van der Waals surface area contributed by atoms with Crippen LogP contribution in [0.25, 0.3) is 11.4 Å². The highest BCUT2D eigenvalue weighted by atomic mass is 19.4. The van der Waals surface area contributed by atoms with Crippen molar-refractivity contribution in [2.45, 2.75) is 38.6 Å². The number of aryl methyl sites for hydroxylation is 1. The summed E-state index contributed by atoms with van der Waals surface area (Å²) in [6.45, 7) is 2.89. The Morgan fingerprint density at radius 1 is 1.19 bits per heavy atom. The van der Waals surface area contributed by atoms with E-state index in [1.807, 2.05) is 24.3 Å². The molecule has 3 aromatic rings. The average Bonchev–Trinajstić information content (AvgIpc) is 3.14. The van der Waals surface area contributed by atoms with Gasteiger partial charge in [-0.1, -0.05) is 24.3 Å². The standard InChI is InChI=1S/C26H27F3N4O3/c1-14-22(31-23-18-9-7-6-8-16(18)12-21(23)36-15(2)34)25(35)33(5)24(30-14)19-11-10-17(32(3)4)13-20(19)26(27,28)29/h6-11,13,21,23,31H,12H2,1-5H3/t21-,23+/m0/s1. The molecule has 1 aliphatic rings. The Kier molecular flexibility index (Phi) is 6.55. The number of fused-ring (bicyclic) bond motifs is 1. The summed E-state index contributed by atoms with van der Waals surface area (Å²) < 4.78 is 48.5. The second-order valence-corrected chi connectivity index (χ2v) is 9.05. The molecule has 1 N–H and O–H groups in total. The molecule has 0 spiro atoms. The molecular formula is C26H27F3N4O3. The predicted molar refractivity (Wildman–Crippen MR) is 131 cm³/mol. The van der Waals surface area contributed by atoms with Gasteiger partial charge in [-0.15, -0.1) is 0 Å². The quantitative estimate of drug-likeness (QED) is 0.521. The maximum Gasteiger partial charge on any atom is 0.417 e. The van der Waals surface area contributed by atoms with Crippen molar-refractivity contribution >= 4 is 17.3 Å². The number of ether oxygens (including phenoxy) is 1. The monoisotopic (exact) mass is 500 g/mol. The summed E-state index contributed by atoms with van der Waals surface area (Å²) in [4.78, 5) is 31.1. The van der Waals surface area contributed by atoms with Gasteiger partial charge in [0.1, 0.15) is 17.6 Å². The van der Waals surface area contributed by atoms with Crippen molar-refractivity contribution in [2.24, 2.45) is 7.05 Å². The average molecular weight is 501 g/mol. The van der Waals surface area contributed by atoms with E-state index in [4.69, 9.17) is 4.74 Å². The number of anilines is 2. The van der Waals surface area contributed by atoms with Gasteiger partial charge in [-0.2, -0.15) is 13.2 Å². The second-order valence-electron chi connectivity index (χ2n) is 9.05. The summed E-state index contributed by atoms with van der Waals surface area (Å²) in [5, 5.41) is 3.18. The number of halogens is 3. The normalized spacial score (nSPS) is 17.0. The van der Waals surface area contributed by atoms with Gasteiger partial charge in [0, 0.05) is 45.7 Å². The van der Waals surface area contributed by atoms with Gasteiger partial charge in [0.05, 0.1) is 17.3 Å². The molecule has 4 rings (SSSR count). The number of hydrogen-bond acceptors (Lipinski definition) is 6. The first kappa shape index (κ1) is 25.3. The number of hydrogen-bond donors (Lipinski definition) is 1. The van der Waals surface area contributed by atoms with Crippen LogP contribution in [0.1, 0.15) is 35.3 Å². The summed E-state index contributed by atoms with van der Waals surface area (Å²) >= 11 is 0. The highest BCUT2D eigenvalue weighted by Crippen LogP contribution is 2.39. The molecule has 0 amide bonds. The molecule has 190 valence electrons. The number of rotatable bonds is 5. The first-order chi connectivity index (χ1) is 16.9. The number of carbonyl (C=O) groups excluding carboxylic acids is 1. The Bertz CT molecular complexity index is 1380. The second kappa shape index (κ2) is 9.33. The number of aromatic nitrogens is 2. The zero-order valence-electron chi connectivity index (χ0n) is 20.6. The van der Waals surface area contributed by atoms with Crippen LogP contribution in [0.3, 0.4) is 0 Å². The van der Waals surface area contributed by atoms with E-state index >= 15 is 0 Å². The number of alkyl halides is 3. The molecule has 10 heteroatoms. The van der Waals surface area contributed by atoms with E-state index in [-0.39, 0.29) is 22.8 Å². The van der Waals surface area contributed by atoms with E-state index in [1.54, 1.807) is 32.0 Å². The van der Waals surface area contributed by atoms with Gasteiger partial charge in [0.15, 0.2) is 0 Å². The lowest BCUT2D eigenvalue weighted by Gasteiger charge is -2.24. The lowest BCUT2D eigenvalue weighted by atomic mass is 10.0. The van der Waals surface area contributed by atoms with Gasteiger partial charge < -0.3 is 15.0 Å². The first-order valence-corrected chi connectivity index (χ1v) is 11.4. The van der Waals surface area contributed by atoms with Crippen molar-refractivity contribution in [3.8, 4) is 11.4 Å². The molecule has 1 aliphatic carbocycles. The Labute approximate surface area is 206 Å². The fourth-order valence-corrected chi connectivity index (χ4v) is 4.56. The highest BCUT2D eigenvalue weighted by Gasteiger charge is 2.37. The molecule has 0 unspecified atom stereocenters. The van der Waals surface area contributed by atoms with Crippen LogP contribution >= 0.6 is 0 Å². The van der Waals surface area contributed by atoms with Gasteiger partial charge >= 0.3 is 12.1 Å². The largest absolute Gasteiger partial charge is 0.460 e. The zero-order valence-corrected chi connectivity index (χ0v) is 20.6. The lowest BCUT2D eigenvalue weighted by Crippen LogP contribution is -2.32. The van der Waals surface area contributed by atoms with Crippen molar-refractivity contribution in [3.63, 3.8) is 0 Å². The smallest absolute Gasteiger partial charge is 0.417 e. The number of benzene rings is 2. The fraction of sp³-hybridized carbons (Fsp3) is 0.346. The maximum atomic E-state index is 14.0. The summed E-state index contributed by atoms with van der Waals surface area (Å²) in [5.41, 5.74) is 1.02. The Balaban J connectivity index is 1.80. The zero-order chi connectivity index (χ0) is 26.4. The molecule has 2 aromatic carbocycles. The van der Waals surface area contributed by atoms with E-state index < -0.39 is 35.4 Å². The number of carbonyl (C=O) groups is 1. The van der Waals surface area contributed by atoms with Gasteiger partial charge in [0.25, 0.3) is 5.56 Å². The van der Waals surface area contributed by atoms with E-state index in [0.717, 1.165) is 21.8 Å². The molecule has 1 heterocycles. The van der Waals surface area contributed by atoms with Crippen LogP contribution in [0.15, 0.2) is 47.3 Å². The van der Waals surface area contributed by atoms with E-state index in [0.29, 0.717) is 12.1 Å². The van der Waals surface area contributed by atoms with Crippen LogP contribution in [-0.2, 0) is 29.2 Å². The van der Waals surface area contributed by atoms with Crippen LogP contribution in [-0.4, -0.2) is 35.7 Å². The minimum atomic E-state index is -4.64. The maximum absolute atomic E-state index is 14.0. The predicted octanol–water partition coefficient (Wildman–Crippen LogP) is 4.48. The molecule has 7 nitrogen and oxygen atoms in total. The molecule has 36 heavy (non-hydrogen) atoms. The van der Waals surface area contributed by atoms with Crippen LogP contribution in [0.5, 0.6) is 0 Å². The Morgan fingerprint density at radius 2 is 1.89 bits per heavy atom. The van der Waals surface area contributed by atoms with E-state index in [1.165, 1.54) is 20.0 Å². The molecule has 0 aliphatic heterocycles. The molecular weight excluding hydrogens is 473 g/mol. The summed E-state index contributed by atoms with van der Waals surface area (Å²) in [5.74, 6) is -0.539. The van der Waals surface area contributed by atoms with E-state index in [9.17, 15) is 22.8 Å². The summed E-state index contributed by atoms with van der Waals surface area (Å²) in [7, 11) is 4.69. The van der Waals surface area contributed by atoms with Crippen molar-refractivity contribution < 1.29 is 22.7 Å². The minimum Gasteiger partial charge on any atom is -0.460 e. The molecule has 0 saturated heterocycles. The first-order valence-electron chi connectivity index (χ1n) is 11.4. The number of esters is 1. The topological polar surface area (TPSA) is 76.5 Å². The molecule has 0 fully saturated rings. The van der Waals surface area contributed by atoms with Gasteiger partial charge in [0.2, 0.25) is 0 Å². The van der Waals surface area contributed by atoms with Crippen LogP contribution in [0.2, 0.25) is 0 Å². The highest BCUT2D eigenvalue weighted by molar-refractivity contribution is 5.69. The van der Waals surface area contributed by atoms with Crippen molar-refractivity contribution in [3.05, 3.63) is 75.2 Å². The third kappa shape index (κ3) is 4.67. The molecule has 2 atom stereocenters. The molecule has 1 aromatic heterocycles. The lowest BCUT2D eigenvalue weighted by molar-refractivity contribution is -0.146. The van der Waals surface area contributed by atoms with Crippen molar-refractivity contribution in [1.82, 2.24) is 9.55 Å². The molecule has 0 radical (unpaired) electrons. The third-order valence-electron chi connectivity index (χ3n) is 6.34. The minimum absolute atomic E-state index is 0.0935. The summed E-state index contributed by atoms with van der Waals surface area (Å²) in [6.07, 6.45) is -4.71. The van der Waals surface area contributed by atoms with Crippen molar-refractivity contribution in [1.29, 1.82) is 0 Å². The van der Waals surface area contributed by atoms with Crippen LogP contribution in [0, 0.1) is 6.92 Å². The Hall–Kier alpha value is -3.82. The fourth-order valence-electron chi connectivity index (χ4n) is 4.56. The number of nitrogens with one attached hydrogen (secondary N) is 1. The van der Waals surface area contributed by atoms with Gasteiger partial charge in [-0.05, 0) is 36.2 Å². The number of nitrogens with zero attached hydrogens (tertiary/aromatic N) is 3. The van der Waals surface area contributed by atoms with Crippen LogP contribution < -0.4 is 15.8 Å². The van der Waals surface area contributed by atoms with Gasteiger partial charge in [-0.25, -0.2) is 4.98 Å². The van der Waals surface area contributed by atoms with Gasteiger partial charge in [-0.3, -0.25) is 14.2 Å². The van der Waals surface area contributed by atoms with Crippen molar-refractivity contribution in [2.75, 3.05) is 24.3 Å². The molecule has 0 saturated carbocycles. The third-order valence-corrected chi connectivity index (χ3v) is 6.34. The van der Waals surface area contributed by atoms with Crippen LogP contribution in [0.4, 0.5) is 24.5 Å². The summed E-state index contributed by atoms with van der Waals surface area (Å²) in [6, 6.07) is 11.0. The molecule has 0 bridgehead atoms. The Morgan fingerprint density at radius 3 is 2.53 bits per heavy atom. The van der Waals surface area contributed by atoms with E-state index in [2.05, 4.69) is 10.3 Å². The SMILES string of the molecule is CC(=O)O[C@H]1Cc2ccccc2[C@H]1Nc1c(C)nc(-c2ccc(N(C)C)cc2C(F)(F)F)n(C)c1=O.